The molecule has 0 aliphatic heterocycles. The van der Waals surface area contributed by atoms with Crippen LogP contribution in [0.1, 0.15) is 28.0 Å². The van der Waals surface area contributed by atoms with Crippen LogP contribution in [-0.4, -0.2) is 34.8 Å². The first-order valence-corrected chi connectivity index (χ1v) is 10.5. The number of carbonyl (C=O) groups excluding carboxylic acids is 2. The number of thioether (sulfide) groups is 1. The summed E-state index contributed by atoms with van der Waals surface area (Å²) in [5.74, 6) is 0.0643. The van der Waals surface area contributed by atoms with Gasteiger partial charge >= 0.3 is 0 Å². The molecular formula is C19H21Cl2N3O2S. The van der Waals surface area contributed by atoms with E-state index in [1.54, 1.807) is 30.1 Å². The van der Waals surface area contributed by atoms with E-state index in [9.17, 15) is 9.59 Å². The van der Waals surface area contributed by atoms with Gasteiger partial charge in [0.2, 0.25) is 5.91 Å². The summed E-state index contributed by atoms with van der Waals surface area (Å²) < 4.78 is 0. The number of hydrogen-bond donors (Lipinski definition) is 2. The summed E-state index contributed by atoms with van der Waals surface area (Å²) in [5.41, 5.74) is 2.07. The number of rotatable bonds is 8. The van der Waals surface area contributed by atoms with Crippen LogP contribution >= 0.6 is 35.0 Å². The monoisotopic (exact) mass is 425 g/mol. The van der Waals surface area contributed by atoms with Crippen LogP contribution in [0.4, 0.5) is 0 Å². The molecule has 0 saturated heterocycles. The van der Waals surface area contributed by atoms with Gasteiger partial charge in [0.15, 0.2) is 0 Å². The lowest BCUT2D eigenvalue weighted by atomic mass is 10.1. The molecule has 1 heterocycles. The van der Waals surface area contributed by atoms with Gasteiger partial charge < -0.3 is 10.6 Å². The van der Waals surface area contributed by atoms with Crippen LogP contribution in [0.3, 0.4) is 0 Å². The van der Waals surface area contributed by atoms with Crippen molar-refractivity contribution in [2.24, 2.45) is 0 Å². The van der Waals surface area contributed by atoms with Crippen LogP contribution in [0.25, 0.3) is 0 Å². The second-order valence-electron chi connectivity index (χ2n) is 5.92. The molecule has 0 spiro atoms. The molecule has 2 rings (SSSR count). The zero-order valence-corrected chi connectivity index (χ0v) is 17.4. The first kappa shape index (κ1) is 21.5. The molecule has 27 heavy (non-hydrogen) atoms. The van der Waals surface area contributed by atoms with E-state index in [1.165, 1.54) is 6.07 Å². The van der Waals surface area contributed by atoms with Crippen LogP contribution in [0.15, 0.2) is 36.5 Å². The lowest BCUT2D eigenvalue weighted by Gasteiger charge is -2.19. The third-order valence-electron chi connectivity index (χ3n) is 3.96. The van der Waals surface area contributed by atoms with Crippen molar-refractivity contribution in [2.45, 2.75) is 25.9 Å². The summed E-state index contributed by atoms with van der Waals surface area (Å²) in [5, 5.41) is 6.30. The topological polar surface area (TPSA) is 71.1 Å². The van der Waals surface area contributed by atoms with Gasteiger partial charge in [-0.1, -0.05) is 29.3 Å². The lowest BCUT2D eigenvalue weighted by molar-refractivity contribution is -0.123. The second-order valence-corrected chi connectivity index (χ2v) is 7.75. The molecular weight excluding hydrogens is 405 g/mol. The van der Waals surface area contributed by atoms with Crippen molar-refractivity contribution in [2.75, 3.05) is 12.0 Å². The van der Waals surface area contributed by atoms with Crippen molar-refractivity contribution in [1.82, 2.24) is 15.6 Å². The Morgan fingerprint density at radius 1 is 1.26 bits per heavy atom. The van der Waals surface area contributed by atoms with E-state index < -0.39 is 11.9 Å². The molecule has 1 aromatic heterocycles. The first-order chi connectivity index (χ1) is 12.9. The van der Waals surface area contributed by atoms with Crippen LogP contribution in [0, 0.1) is 6.92 Å². The smallest absolute Gasteiger partial charge is 0.253 e. The molecule has 1 atom stereocenters. The highest BCUT2D eigenvalue weighted by molar-refractivity contribution is 7.98. The molecule has 0 aliphatic rings. The van der Waals surface area contributed by atoms with Crippen molar-refractivity contribution in [1.29, 1.82) is 0 Å². The molecule has 0 aliphatic carbocycles. The van der Waals surface area contributed by atoms with Crippen molar-refractivity contribution in [3.8, 4) is 0 Å². The van der Waals surface area contributed by atoms with E-state index in [0.29, 0.717) is 18.0 Å². The quantitative estimate of drug-likeness (QED) is 0.673. The molecule has 144 valence electrons. The third-order valence-corrected chi connectivity index (χ3v) is 5.15. The highest BCUT2D eigenvalue weighted by atomic mass is 35.5. The van der Waals surface area contributed by atoms with Crippen LogP contribution in [0.2, 0.25) is 10.0 Å². The van der Waals surface area contributed by atoms with Crippen molar-refractivity contribution < 1.29 is 9.59 Å². The number of nitrogens with one attached hydrogen (secondary N) is 2. The van der Waals surface area contributed by atoms with Gasteiger partial charge in [0.05, 0.1) is 22.8 Å². The number of amides is 2. The van der Waals surface area contributed by atoms with Crippen LogP contribution < -0.4 is 10.6 Å². The summed E-state index contributed by atoms with van der Waals surface area (Å²) in [6.45, 7) is 2.24. The minimum atomic E-state index is -0.666. The van der Waals surface area contributed by atoms with Crippen LogP contribution in [-0.2, 0) is 11.3 Å². The summed E-state index contributed by atoms with van der Waals surface area (Å²) in [6.07, 6.45) is 4.14. The Labute approximate surface area is 173 Å². The number of aromatic nitrogens is 1. The maximum Gasteiger partial charge on any atom is 0.253 e. The number of pyridine rings is 1. The molecule has 1 aromatic carbocycles. The molecule has 5 nitrogen and oxygen atoms in total. The Bertz CT molecular complexity index is 817. The number of benzene rings is 1. The summed E-state index contributed by atoms with van der Waals surface area (Å²) in [7, 11) is 0. The lowest BCUT2D eigenvalue weighted by Crippen LogP contribution is -2.47. The van der Waals surface area contributed by atoms with Gasteiger partial charge in [-0.25, -0.2) is 0 Å². The van der Waals surface area contributed by atoms with Gasteiger partial charge in [-0.05, 0) is 55.2 Å². The van der Waals surface area contributed by atoms with Crippen molar-refractivity contribution >= 4 is 46.8 Å². The molecule has 0 saturated carbocycles. The highest BCUT2D eigenvalue weighted by Crippen LogP contribution is 2.21. The van der Waals surface area contributed by atoms with Gasteiger partial charge in [-0.3, -0.25) is 14.6 Å². The third kappa shape index (κ3) is 6.41. The summed E-state index contributed by atoms with van der Waals surface area (Å²) >= 11 is 13.6. The Morgan fingerprint density at radius 2 is 2.04 bits per heavy atom. The fourth-order valence-corrected chi connectivity index (χ4v) is 3.38. The molecule has 0 radical (unpaired) electrons. The largest absolute Gasteiger partial charge is 0.349 e. The highest BCUT2D eigenvalue weighted by Gasteiger charge is 2.22. The predicted octanol–water partition coefficient (Wildman–Crippen LogP) is 3.86. The summed E-state index contributed by atoms with van der Waals surface area (Å²) in [6, 6.07) is 7.74. The Balaban J connectivity index is 2.05. The minimum absolute atomic E-state index is 0.244. The van der Waals surface area contributed by atoms with Gasteiger partial charge in [-0.2, -0.15) is 11.8 Å². The number of halogens is 2. The molecule has 2 amide bonds. The maximum atomic E-state index is 12.6. The zero-order chi connectivity index (χ0) is 19.8. The standard InChI is InChI=1S/C19H21Cl2N3O2S/c1-12-4-3-8-22-17(12)11-23-19(26)16(7-9-27-2)24-18(25)14-6-5-13(20)10-15(14)21/h3-6,8,10,16H,7,9,11H2,1-2H3,(H,23,26)(H,24,25). The van der Waals surface area contributed by atoms with Gasteiger partial charge in [-0.15, -0.1) is 0 Å². The SMILES string of the molecule is CSCCC(NC(=O)c1ccc(Cl)cc1Cl)C(=O)NCc1ncccc1C. The molecule has 2 N–H and O–H groups in total. The van der Waals surface area contributed by atoms with E-state index in [4.69, 9.17) is 23.2 Å². The van der Waals surface area contributed by atoms with E-state index in [-0.39, 0.29) is 16.5 Å². The maximum absolute atomic E-state index is 12.6. The van der Waals surface area contributed by atoms with Crippen molar-refractivity contribution in [3.05, 3.63) is 63.4 Å². The molecule has 0 bridgehead atoms. The molecule has 0 fully saturated rings. The van der Waals surface area contributed by atoms with E-state index in [2.05, 4.69) is 15.6 Å². The zero-order valence-electron chi connectivity index (χ0n) is 15.1. The minimum Gasteiger partial charge on any atom is -0.349 e. The number of aryl methyl sites for hydroxylation is 1. The molecule has 1 unspecified atom stereocenters. The predicted molar refractivity (Wildman–Crippen MR) is 112 cm³/mol. The fourth-order valence-electron chi connectivity index (χ4n) is 2.41. The second kappa shape index (κ2) is 10.5. The Morgan fingerprint density at radius 3 is 2.70 bits per heavy atom. The number of nitrogens with zero attached hydrogens (tertiary/aromatic N) is 1. The van der Waals surface area contributed by atoms with Gasteiger partial charge in [0.1, 0.15) is 6.04 Å². The fraction of sp³-hybridized carbons (Fsp3) is 0.316. The van der Waals surface area contributed by atoms with E-state index in [0.717, 1.165) is 17.0 Å². The number of hydrogen-bond acceptors (Lipinski definition) is 4. The molecule has 8 heteroatoms. The molecule has 2 aromatic rings. The average molecular weight is 426 g/mol. The summed E-state index contributed by atoms with van der Waals surface area (Å²) in [4.78, 5) is 29.4. The van der Waals surface area contributed by atoms with E-state index in [1.807, 2.05) is 25.3 Å². The van der Waals surface area contributed by atoms with Gasteiger partial charge in [0.25, 0.3) is 5.91 Å². The normalized spacial score (nSPS) is 11.7. The average Bonchev–Trinajstić information content (AvgIpc) is 2.64. The van der Waals surface area contributed by atoms with Crippen molar-refractivity contribution in [3.63, 3.8) is 0 Å². The van der Waals surface area contributed by atoms with Crippen LogP contribution in [0.5, 0.6) is 0 Å². The van der Waals surface area contributed by atoms with E-state index >= 15 is 0 Å². The first-order valence-electron chi connectivity index (χ1n) is 8.35. The Kier molecular flexibility index (Phi) is 8.41. The van der Waals surface area contributed by atoms with Gasteiger partial charge in [0, 0.05) is 11.2 Å². The Hall–Kier alpha value is -1.76. The number of carbonyl (C=O) groups is 2.